The summed E-state index contributed by atoms with van der Waals surface area (Å²) in [6.45, 7) is 16.1. The van der Waals surface area contributed by atoms with E-state index >= 15 is 0 Å². The van der Waals surface area contributed by atoms with Crippen molar-refractivity contribution in [1.82, 2.24) is 5.32 Å². The second-order valence-electron chi connectivity index (χ2n) is 9.73. The topological polar surface area (TPSA) is 53.8 Å². The molecule has 1 amide bonds. The zero-order valence-electron chi connectivity index (χ0n) is 20.5. The summed E-state index contributed by atoms with van der Waals surface area (Å²) in [5, 5.41) is 11.3. The molecule has 34 heavy (non-hydrogen) atoms. The van der Waals surface area contributed by atoms with E-state index in [-0.39, 0.29) is 29.1 Å². The van der Waals surface area contributed by atoms with Gasteiger partial charge in [-0.1, -0.05) is 76.4 Å². The van der Waals surface area contributed by atoms with E-state index in [0.29, 0.717) is 11.3 Å². The molecule has 1 N–H and O–H groups in total. The second-order valence-corrected chi connectivity index (χ2v) is 9.73. The molecule has 1 saturated carbocycles. The van der Waals surface area contributed by atoms with Gasteiger partial charge in [0.1, 0.15) is 5.82 Å². The number of hydrogen-bond donors (Lipinski definition) is 1. The van der Waals surface area contributed by atoms with Crippen LogP contribution in [0, 0.1) is 22.6 Å². The number of hydrogen-bond acceptors (Lipinski definition) is 3. The van der Waals surface area contributed by atoms with Gasteiger partial charge in [-0.3, -0.25) is 4.79 Å². The molecule has 178 valence electrons. The third-order valence-corrected chi connectivity index (χ3v) is 7.54. The van der Waals surface area contributed by atoms with Crippen LogP contribution in [0.2, 0.25) is 0 Å². The molecule has 3 atom stereocenters. The first kappa shape index (κ1) is 25.3. The molecule has 0 aliphatic heterocycles. The van der Waals surface area contributed by atoms with Crippen LogP contribution in [0.4, 0.5) is 4.39 Å². The van der Waals surface area contributed by atoms with Crippen LogP contribution in [0.3, 0.4) is 0 Å². The van der Waals surface area contributed by atoms with Gasteiger partial charge in [-0.25, -0.2) is 4.39 Å². The molecule has 1 aliphatic carbocycles. The van der Waals surface area contributed by atoms with Crippen molar-refractivity contribution in [3.05, 3.63) is 103 Å². The van der Waals surface area contributed by atoms with Gasteiger partial charge in [-0.15, -0.1) is 0 Å². The lowest BCUT2D eigenvalue weighted by molar-refractivity contribution is -0.136. The van der Waals surface area contributed by atoms with E-state index in [1.807, 2.05) is 44.2 Å². The number of benzene rings is 2. The molecule has 0 saturated heterocycles. The normalized spacial score (nSPS) is 23.0. The highest BCUT2D eigenvalue weighted by atomic mass is 19.1. The smallest absolute Gasteiger partial charge is 0.226 e. The van der Waals surface area contributed by atoms with Gasteiger partial charge in [0.25, 0.3) is 0 Å². The van der Waals surface area contributed by atoms with Gasteiger partial charge >= 0.3 is 0 Å². The van der Waals surface area contributed by atoms with E-state index in [1.165, 1.54) is 12.3 Å². The molecule has 2 aromatic carbocycles. The Bertz CT molecular complexity index is 1120. The van der Waals surface area contributed by atoms with Crippen molar-refractivity contribution < 1.29 is 9.18 Å². The fourth-order valence-corrected chi connectivity index (χ4v) is 4.95. The number of halogens is 1. The van der Waals surface area contributed by atoms with Crippen LogP contribution in [0.1, 0.15) is 57.7 Å². The highest BCUT2D eigenvalue weighted by Crippen LogP contribution is 2.58. The highest BCUT2D eigenvalue weighted by Gasteiger charge is 2.56. The summed E-state index contributed by atoms with van der Waals surface area (Å²) in [5.74, 6) is -0.320. The molecule has 1 aliphatic rings. The van der Waals surface area contributed by atoms with Crippen LogP contribution in [-0.4, -0.2) is 5.91 Å². The first-order valence-electron chi connectivity index (χ1n) is 11.6. The third kappa shape index (κ3) is 4.93. The molecule has 5 heteroatoms. The lowest BCUT2D eigenvalue weighted by Crippen LogP contribution is -2.47. The number of nitrogens with one attached hydrogen (secondary N) is 1. The van der Waals surface area contributed by atoms with Gasteiger partial charge < -0.3 is 5.32 Å². The minimum Gasteiger partial charge on any atom is -0.349 e. The summed E-state index contributed by atoms with van der Waals surface area (Å²) < 4.78 is 14.5. The number of nitrogens with zero attached hydrogens (tertiary/aromatic N) is 2. The molecule has 0 radical (unpaired) electrons. The number of carbonyl (C=O) groups excluding carboxylic acids is 1. The Morgan fingerprint density at radius 1 is 1.15 bits per heavy atom. The minimum absolute atomic E-state index is 0.0241. The minimum atomic E-state index is -0.585. The lowest BCUT2D eigenvalue weighted by Gasteiger charge is -2.41. The third-order valence-electron chi connectivity index (χ3n) is 7.54. The van der Waals surface area contributed by atoms with Crippen molar-refractivity contribution in [3.8, 4) is 0 Å². The average Bonchev–Trinajstić information content (AvgIpc) is 3.07. The van der Waals surface area contributed by atoms with Gasteiger partial charge in [0.2, 0.25) is 5.91 Å². The van der Waals surface area contributed by atoms with Crippen LogP contribution < -0.4 is 5.32 Å². The molecule has 0 aromatic heterocycles. The SMILES string of the molecule is C=C/N=N\C(=C/C(=C)[C@@H]1CCC(C)(C(=O)NC(C)c2ccccc2)C1(C)C)c1ccccc1F. The Hall–Kier alpha value is -3.34. The largest absolute Gasteiger partial charge is 0.349 e. The number of amides is 1. The van der Waals surface area contributed by atoms with Crippen LogP contribution in [0.5, 0.6) is 0 Å². The standard InChI is InChI=1S/C29H34FN3O/c1-7-31-33-26(23-15-11-12-16-25(23)30)19-20(2)24-17-18-29(6,28(24,4)5)27(34)32-21(3)22-13-9-8-10-14-22/h7-16,19,21,24H,1-2,17-18H2,3-6H3,(H,32,34)/b26-19-,33-31-/t21?,24-,29?/m0/s1. The maximum Gasteiger partial charge on any atom is 0.226 e. The molecule has 3 rings (SSSR count). The van der Waals surface area contributed by atoms with E-state index in [4.69, 9.17) is 0 Å². The van der Waals surface area contributed by atoms with Gasteiger partial charge in [0, 0.05) is 11.8 Å². The quantitative estimate of drug-likeness (QED) is 0.320. The number of carbonyl (C=O) groups is 1. The van der Waals surface area contributed by atoms with Gasteiger partial charge in [-0.05, 0) is 60.4 Å². The van der Waals surface area contributed by atoms with E-state index in [0.717, 1.165) is 24.0 Å². The van der Waals surface area contributed by atoms with Gasteiger partial charge in [0.15, 0.2) is 0 Å². The molecule has 4 nitrogen and oxygen atoms in total. The van der Waals surface area contributed by atoms with Crippen molar-refractivity contribution in [2.45, 2.75) is 46.6 Å². The number of rotatable bonds is 8. The first-order chi connectivity index (χ1) is 16.1. The Morgan fingerprint density at radius 3 is 2.44 bits per heavy atom. The fraction of sp³-hybridized carbons (Fsp3) is 0.345. The second kappa shape index (κ2) is 10.3. The van der Waals surface area contributed by atoms with Crippen molar-refractivity contribution in [2.24, 2.45) is 27.0 Å². The summed E-state index contributed by atoms with van der Waals surface area (Å²) in [4.78, 5) is 13.5. The predicted octanol–water partition coefficient (Wildman–Crippen LogP) is 7.64. The Morgan fingerprint density at radius 2 is 1.79 bits per heavy atom. The van der Waals surface area contributed by atoms with Crippen LogP contribution in [0.15, 0.2) is 95.8 Å². The van der Waals surface area contributed by atoms with Crippen molar-refractivity contribution in [3.63, 3.8) is 0 Å². The summed E-state index contributed by atoms with van der Waals surface area (Å²) in [6.07, 6.45) is 4.63. The van der Waals surface area contributed by atoms with Crippen LogP contribution in [-0.2, 0) is 4.79 Å². The Kier molecular flexibility index (Phi) is 7.65. The fourth-order valence-electron chi connectivity index (χ4n) is 4.95. The van der Waals surface area contributed by atoms with E-state index < -0.39 is 5.41 Å². The number of azo groups is 1. The van der Waals surface area contributed by atoms with Crippen LogP contribution in [0.25, 0.3) is 5.70 Å². The maximum absolute atomic E-state index is 14.5. The number of allylic oxidation sites excluding steroid dienone is 2. The van der Waals surface area contributed by atoms with Gasteiger partial charge in [0.05, 0.1) is 17.2 Å². The van der Waals surface area contributed by atoms with E-state index in [2.05, 4.69) is 42.6 Å². The molecule has 2 unspecified atom stereocenters. The predicted molar refractivity (Wildman–Crippen MR) is 136 cm³/mol. The summed E-state index contributed by atoms with van der Waals surface area (Å²) in [5.41, 5.74) is 1.65. The average molecular weight is 460 g/mol. The molecule has 2 aromatic rings. The Labute approximate surface area is 202 Å². The zero-order valence-corrected chi connectivity index (χ0v) is 20.5. The summed E-state index contributed by atoms with van der Waals surface area (Å²) in [7, 11) is 0. The lowest BCUT2D eigenvalue weighted by atomic mass is 9.63. The molecule has 1 fully saturated rings. The monoisotopic (exact) mass is 459 g/mol. The van der Waals surface area contributed by atoms with Crippen molar-refractivity contribution in [2.75, 3.05) is 0 Å². The summed E-state index contributed by atoms with van der Waals surface area (Å²) in [6, 6.07) is 16.3. The van der Waals surface area contributed by atoms with Crippen molar-refractivity contribution in [1.29, 1.82) is 0 Å². The molecule has 0 bridgehead atoms. The summed E-state index contributed by atoms with van der Waals surface area (Å²) >= 11 is 0. The molecular weight excluding hydrogens is 425 g/mol. The molecular formula is C29H34FN3O. The van der Waals surface area contributed by atoms with Crippen molar-refractivity contribution >= 4 is 11.6 Å². The first-order valence-corrected chi connectivity index (χ1v) is 11.6. The zero-order chi connectivity index (χ0) is 24.9. The van der Waals surface area contributed by atoms with E-state index in [1.54, 1.807) is 24.3 Å². The van der Waals surface area contributed by atoms with Gasteiger partial charge in [-0.2, -0.15) is 10.2 Å². The van der Waals surface area contributed by atoms with Crippen LogP contribution >= 0.6 is 0 Å². The Balaban J connectivity index is 1.86. The molecule has 0 spiro atoms. The maximum atomic E-state index is 14.5. The van der Waals surface area contributed by atoms with E-state index in [9.17, 15) is 9.18 Å². The molecule has 0 heterocycles. The highest BCUT2D eigenvalue weighted by molar-refractivity contribution is 5.84.